The molecule has 0 radical (unpaired) electrons. The summed E-state index contributed by atoms with van der Waals surface area (Å²) in [5.41, 5.74) is 0. The van der Waals surface area contributed by atoms with Crippen molar-refractivity contribution in [2.45, 2.75) is 49.4 Å². The Morgan fingerprint density at radius 3 is 1.38 bits per heavy atom. The first-order valence-corrected chi connectivity index (χ1v) is 11.9. The third-order valence-electron chi connectivity index (χ3n) is 2.22. The zero-order valence-corrected chi connectivity index (χ0v) is 12.4. The minimum atomic E-state index is -2.54. The number of hydrogen-bond acceptors (Lipinski definition) is 2. The molecule has 3 heteroatoms. The molecular formula is C10H24O2Sn. The average molecular weight is 295 g/mol. The Bertz CT molecular complexity index is 103. The van der Waals surface area contributed by atoms with Crippen LogP contribution in [0, 0.1) is 0 Å². The van der Waals surface area contributed by atoms with E-state index in [2.05, 4.69) is 27.7 Å². The van der Waals surface area contributed by atoms with Crippen LogP contribution >= 0.6 is 0 Å². The van der Waals surface area contributed by atoms with Gasteiger partial charge in [-0.05, 0) is 0 Å². The molecule has 0 aliphatic carbocycles. The SMILES string of the molecule is CCC[O][Sn]([CH2]C)([CH2]C)[O]CCC. The van der Waals surface area contributed by atoms with Crippen molar-refractivity contribution < 1.29 is 6.15 Å². The summed E-state index contributed by atoms with van der Waals surface area (Å²) < 4.78 is 14.2. The molecule has 0 bridgehead atoms. The fourth-order valence-corrected chi connectivity index (χ4v) is 8.56. The molecule has 0 atom stereocenters. The molecule has 0 unspecified atom stereocenters. The first kappa shape index (κ1) is 13.7. The summed E-state index contributed by atoms with van der Waals surface area (Å²) in [5, 5.41) is 0. The van der Waals surface area contributed by atoms with Crippen LogP contribution in [0.2, 0.25) is 8.87 Å². The minimum absolute atomic E-state index is 0.890. The van der Waals surface area contributed by atoms with Crippen molar-refractivity contribution in [2.75, 3.05) is 13.2 Å². The monoisotopic (exact) mass is 296 g/mol. The second-order valence-corrected chi connectivity index (χ2v) is 14.2. The fraction of sp³-hybridized carbons (Fsp3) is 1.00. The zero-order valence-electron chi connectivity index (χ0n) is 9.56. The molecule has 0 spiro atoms. The van der Waals surface area contributed by atoms with Crippen LogP contribution < -0.4 is 0 Å². The first-order chi connectivity index (χ1) is 6.24. The summed E-state index contributed by atoms with van der Waals surface area (Å²) in [6.45, 7) is 10.5. The normalized spacial score (nSPS) is 12.0. The summed E-state index contributed by atoms with van der Waals surface area (Å²) >= 11 is -2.54. The third-order valence-corrected chi connectivity index (χ3v) is 12.5. The molecule has 0 aromatic heterocycles. The number of rotatable bonds is 8. The van der Waals surface area contributed by atoms with Crippen molar-refractivity contribution in [1.29, 1.82) is 0 Å². The van der Waals surface area contributed by atoms with Gasteiger partial charge in [0, 0.05) is 0 Å². The molecule has 0 aliphatic rings. The molecule has 80 valence electrons. The number of hydrogen-bond donors (Lipinski definition) is 0. The fourth-order valence-electron chi connectivity index (χ4n) is 1.28. The van der Waals surface area contributed by atoms with Crippen LogP contribution in [0.25, 0.3) is 0 Å². The van der Waals surface area contributed by atoms with Crippen LogP contribution in [0.1, 0.15) is 40.5 Å². The van der Waals surface area contributed by atoms with E-state index in [1.165, 1.54) is 0 Å². The molecule has 0 saturated carbocycles. The van der Waals surface area contributed by atoms with Gasteiger partial charge in [0.25, 0.3) is 0 Å². The van der Waals surface area contributed by atoms with Crippen molar-refractivity contribution >= 4 is 19.2 Å². The van der Waals surface area contributed by atoms with E-state index in [4.69, 9.17) is 6.15 Å². The Morgan fingerprint density at radius 2 is 1.15 bits per heavy atom. The van der Waals surface area contributed by atoms with E-state index in [0.29, 0.717) is 0 Å². The molecule has 0 heterocycles. The standard InChI is InChI=1S/2C3H7O.2C2H5.Sn/c2*1-2-3-4;2*1-2;/h2*2-3H2,1H3;2*1H2,2H3;/q2*-1;;;+2. The summed E-state index contributed by atoms with van der Waals surface area (Å²) in [6, 6.07) is 0. The molecule has 0 aliphatic heterocycles. The van der Waals surface area contributed by atoms with E-state index in [-0.39, 0.29) is 0 Å². The quantitative estimate of drug-likeness (QED) is 0.640. The maximum absolute atomic E-state index is 5.97. The summed E-state index contributed by atoms with van der Waals surface area (Å²) in [7, 11) is 0. The van der Waals surface area contributed by atoms with Gasteiger partial charge in [0.05, 0.1) is 0 Å². The molecular weight excluding hydrogens is 271 g/mol. The van der Waals surface area contributed by atoms with E-state index in [1.54, 1.807) is 0 Å². The van der Waals surface area contributed by atoms with E-state index in [9.17, 15) is 0 Å². The molecule has 0 N–H and O–H groups in total. The molecule has 0 aromatic rings. The summed E-state index contributed by atoms with van der Waals surface area (Å²) in [4.78, 5) is 0. The third kappa shape index (κ3) is 5.23. The van der Waals surface area contributed by atoms with Gasteiger partial charge in [-0.3, -0.25) is 0 Å². The van der Waals surface area contributed by atoms with Crippen LogP contribution in [0.4, 0.5) is 0 Å². The van der Waals surface area contributed by atoms with Crippen molar-refractivity contribution in [3.8, 4) is 0 Å². The zero-order chi connectivity index (χ0) is 10.2. The average Bonchev–Trinajstić information content (AvgIpc) is 2.20. The van der Waals surface area contributed by atoms with Gasteiger partial charge < -0.3 is 0 Å². The van der Waals surface area contributed by atoms with Gasteiger partial charge in [0.1, 0.15) is 0 Å². The van der Waals surface area contributed by atoms with Crippen molar-refractivity contribution in [2.24, 2.45) is 0 Å². The van der Waals surface area contributed by atoms with E-state index in [0.717, 1.165) is 34.9 Å². The van der Waals surface area contributed by atoms with Crippen LogP contribution in [0.3, 0.4) is 0 Å². The molecule has 13 heavy (non-hydrogen) atoms. The molecule has 0 aromatic carbocycles. The van der Waals surface area contributed by atoms with E-state index >= 15 is 0 Å². The second-order valence-electron chi connectivity index (χ2n) is 3.31. The van der Waals surface area contributed by atoms with Crippen LogP contribution in [0.15, 0.2) is 0 Å². The van der Waals surface area contributed by atoms with Crippen LogP contribution in [-0.4, -0.2) is 32.4 Å². The van der Waals surface area contributed by atoms with Gasteiger partial charge in [-0.25, -0.2) is 0 Å². The van der Waals surface area contributed by atoms with Crippen LogP contribution in [0.5, 0.6) is 0 Å². The van der Waals surface area contributed by atoms with Gasteiger partial charge in [-0.2, -0.15) is 0 Å². The van der Waals surface area contributed by atoms with Crippen molar-refractivity contribution in [3.63, 3.8) is 0 Å². The van der Waals surface area contributed by atoms with Gasteiger partial charge in [-0.15, -0.1) is 0 Å². The van der Waals surface area contributed by atoms with Gasteiger partial charge in [-0.1, -0.05) is 0 Å². The Morgan fingerprint density at radius 1 is 0.769 bits per heavy atom. The van der Waals surface area contributed by atoms with Crippen molar-refractivity contribution in [1.82, 2.24) is 0 Å². The maximum atomic E-state index is 5.97. The summed E-state index contributed by atoms with van der Waals surface area (Å²) in [5.74, 6) is 0. The van der Waals surface area contributed by atoms with E-state index < -0.39 is 19.2 Å². The van der Waals surface area contributed by atoms with Crippen LogP contribution in [-0.2, 0) is 6.15 Å². The Balaban J connectivity index is 3.97. The first-order valence-electron chi connectivity index (χ1n) is 5.52. The predicted octanol–water partition coefficient (Wildman–Crippen LogP) is 3.32. The van der Waals surface area contributed by atoms with Gasteiger partial charge >= 0.3 is 88.0 Å². The van der Waals surface area contributed by atoms with Gasteiger partial charge in [0.15, 0.2) is 0 Å². The molecule has 0 saturated heterocycles. The molecule has 0 amide bonds. The molecule has 0 rings (SSSR count). The Hall–Kier alpha value is 0.719. The van der Waals surface area contributed by atoms with Crippen molar-refractivity contribution in [3.05, 3.63) is 0 Å². The Labute approximate surface area is 88.0 Å². The Kier molecular flexibility index (Phi) is 8.51. The predicted molar refractivity (Wildman–Crippen MR) is 59.2 cm³/mol. The summed E-state index contributed by atoms with van der Waals surface area (Å²) in [6.07, 6.45) is 2.21. The van der Waals surface area contributed by atoms with E-state index in [1.807, 2.05) is 0 Å². The topological polar surface area (TPSA) is 18.5 Å². The second kappa shape index (κ2) is 8.06. The molecule has 0 fully saturated rings. The van der Waals surface area contributed by atoms with Gasteiger partial charge in [0.2, 0.25) is 0 Å². The molecule has 2 nitrogen and oxygen atoms in total.